The molecule has 6 rings (SSSR count). The number of allylic oxidation sites excluding steroid dienone is 3. The first kappa shape index (κ1) is 34.4. The van der Waals surface area contributed by atoms with Crippen molar-refractivity contribution in [1.82, 2.24) is 14.7 Å². The highest BCUT2D eigenvalue weighted by atomic mass is 16.5. The molecule has 4 atom stereocenters. The zero-order chi connectivity index (χ0) is 31.5. The summed E-state index contributed by atoms with van der Waals surface area (Å²) in [6.07, 6.45) is 17.7. The van der Waals surface area contributed by atoms with E-state index in [1.165, 1.54) is 67.2 Å². The minimum absolute atomic E-state index is 0.301. The van der Waals surface area contributed by atoms with Crippen LogP contribution >= 0.6 is 0 Å². The van der Waals surface area contributed by atoms with Gasteiger partial charge in [0.05, 0.1) is 0 Å². The van der Waals surface area contributed by atoms with Gasteiger partial charge < -0.3 is 9.64 Å². The van der Waals surface area contributed by atoms with Crippen LogP contribution in [0.1, 0.15) is 103 Å². The third-order valence-electron chi connectivity index (χ3n) is 10.4. The highest BCUT2D eigenvalue weighted by molar-refractivity contribution is 5.76. The van der Waals surface area contributed by atoms with E-state index >= 15 is 0 Å². The summed E-state index contributed by atoms with van der Waals surface area (Å²) in [4.78, 5) is 31.3. The molecule has 0 spiro atoms. The molecule has 1 amide bonds. The second-order valence-electron chi connectivity index (χ2n) is 13.5. The van der Waals surface area contributed by atoms with Crippen LogP contribution in [0.15, 0.2) is 47.6 Å². The summed E-state index contributed by atoms with van der Waals surface area (Å²) in [7, 11) is 0. The van der Waals surface area contributed by atoms with Crippen molar-refractivity contribution in [3.8, 4) is 0 Å². The largest absolute Gasteiger partial charge is 0.452 e. The van der Waals surface area contributed by atoms with E-state index in [1.807, 2.05) is 13.8 Å². The van der Waals surface area contributed by atoms with Crippen LogP contribution in [0, 0.1) is 25.7 Å². The Morgan fingerprint density at radius 1 is 0.886 bits per heavy atom. The minimum atomic E-state index is 0.301. The Bertz CT molecular complexity index is 1080. The summed E-state index contributed by atoms with van der Waals surface area (Å²) in [5.74, 6) is 1.69. The number of piperazine rings is 1. The van der Waals surface area contributed by atoms with Gasteiger partial charge >= 0.3 is 0 Å². The molecule has 0 radical (unpaired) electrons. The molecular weight excluding hydrogens is 546 g/mol. The number of aryl methyl sites for hydroxylation is 2. The molecule has 1 aromatic rings. The first-order valence-corrected chi connectivity index (χ1v) is 17.7. The molecule has 6 nitrogen and oxygen atoms in total. The first-order chi connectivity index (χ1) is 21.4. The maximum atomic E-state index is 13.1. The summed E-state index contributed by atoms with van der Waals surface area (Å²) in [5.41, 5.74) is 5.57. The number of hydrogen-bond acceptors (Lipinski definition) is 5. The van der Waals surface area contributed by atoms with Crippen LogP contribution in [0.2, 0.25) is 0 Å². The molecule has 0 aromatic heterocycles. The van der Waals surface area contributed by atoms with Crippen molar-refractivity contribution in [2.75, 3.05) is 32.9 Å². The number of piperidine rings is 1. The standard InChI is InChI=1S/C28H43N3O3.C8H10.C2H6/c1-21-16-22-18-25(22)26(17-21)27-9-5-8-24(31(27)19-34-20-32)10-11-28(33)30-14-12-29(13-15-30)23-6-3-2-4-7-23;1-7-3-5-8(2)6-4-7;1-2/h16-17,20,22-25,27H,2-15,18-19H2,1H3;3-6H,1-2H3;1-2H3/t22?,24-,25?,27+;;/m1../s1. The van der Waals surface area contributed by atoms with Crippen molar-refractivity contribution >= 4 is 12.4 Å². The third kappa shape index (κ3) is 9.53. The van der Waals surface area contributed by atoms with Crippen LogP contribution in [0.4, 0.5) is 0 Å². The van der Waals surface area contributed by atoms with E-state index in [1.54, 1.807) is 0 Å². The predicted octanol–water partition coefficient (Wildman–Crippen LogP) is 7.45. The number of nitrogens with zero attached hydrogens (tertiary/aromatic N) is 3. The molecule has 44 heavy (non-hydrogen) atoms. The lowest BCUT2D eigenvalue weighted by molar-refractivity contribution is -0.138. The fraction of sp³-hybridized carbons (Fsp3) is 0.684. The summed E-state index contributed by atoms with van der Waals surface area (Å²) < 4.78 is 5.30. The van der Waals surface area contributed by atoms with Gasteiger partial charge in [-0.2, -0.15) is 0 Å². The molecule has 5 aliphatic rings. The monoisotopic (exact) mass is 605 g/mol. The number of amides is 1. The number of ether oxygens (including phenoxy) is 1. The molecule has 2 heterocycles. The lowest BCUT2D eigenvalue weighted by Gasteiger charge is -2.43. The van der Waals surface area contributed by atoms with Gasteiger partial charge in [-0.25, -0.2) is 0 Å². The Morgan fingerprint density at radius 2 is 1.55 bits per heavy atom. The summed E-state index contributed by atoms with van der Waals surface area (Å²) >= 11 is 0. The molecule has 2 saturated carbocycles. The molecule has 2 unspecified atom stereocenters. The van der Waals surface area contributed by atoms with Gasteiger partial charge in [-0.05, 0) is 76.7 Å². The average molecular weight is 606 g/mol. The Morgan fingerprint density at radius 3 is 2.18 bits per heavy atom. The van der Waals surface area contributed by atoms with Crippen LogP contribution in [-0.4, -0.2) is 78.1 Å². The summed E-state index contributed by atoms with van der Waals surface area (Å²) in [6.45, 7) is 15.1. The quantitative estimate of drug-likeness (QED) is 0.288. The molecule has 0 bridgehead atoms. The fourth-order valence-corrected chi connectivity index (χ4v) is 7.86. The van der Waals surface area contributed by atoms with Crippen LogP contribution < -0.4 is 0 Å². The van der Waals surface area contributed by atoms with Crippen molar-refractivity contribution in [2.45, 2.75) is 123 Å². The van der Waals surface area contributed by atoms with Gasteiger partial charge in [0, 0.05) is 50.7 Å². The second-order valence-corrected chi connectivity index (χ2v) is 13.5. The van der Waals surface area contributed by atoms with E-state index in [0.29, 0.717) is 49.5 Å². The SMILES string of the molecule is CC.CC1=CC2CC2C([C@@H]2CCC[C@H](CCC(=O)N3CCN(C4CCCCC4)CC3)N2COC=O)=C1.Cc1ccc(C)cc1. The molecule has 2 aliphatic heterocycles. The summed E-state index contributed by atoms with van der Waals surface area (Å²) in [5, 5.41) is 0. The van der Waals surface area contributed by atoms with Crippen LogP contribution in [0.3, 0.4) is 0 Å². The van der Waals surface area contributed by atoms with E-state index in [2.05, 4.69) is 71.9 Å². The third-order valence-corrected chi connectivity index (χ3v) is 10.4. The van der Waals surface area contributed by atoms with E-state index in [4.69, 9.17) is 4.74 Å². The highest BCUT2D eigenvalue weighted by Crippen LogP contribution is 2.52. The van der Waals surface area contributed by atoms with Gasteiger partial charge in [0.1, 0.15) is 6.73 Å². The number of fused-ring (bicyclic) bond motifs is 1. The molecular formula is C38H59N3O3. The van der Waals surface area contributed by atoms with E-state index in [-0.39, 0.29) is 0 Å². The van der Waals surface area contributed by atoms with Crippen molar-refractivity contribution in [3.05, 3.63) is 58.7 Å². The fourth-order valence-electron chi connectivity index (χ4n) is 7.86. The number of carbonyl (C=O) groups excluding carboxylic acids is 2. The Labute approximate surface area is 267 Å². The van der Waals surface area contributed by atoms with Crippen LogP contribution in [-0.2, 0) is 14.3 Å². The molecule has 6 heteroatoms. The van der Waals surface area contributed by atoms with E-state index in [9.17, 15) is 9.59 Å². The molecule has 3 aliphatic carbocycles. The van der Waals surface area contributed by atoms with Gasteiger partial charge in [0.25, 0.3) is 6.47 Å². The zero-order valence-corrected chi connectivity index (χ0v) is 28.3. The van der Waals surface area contributed by atoms with Crippen molar-refractivity contribution in [1.29, 1.82) is 0 Å². The Hall–Kier alpha value is -2.44. The predicted molar refractivity (Wildman–Crippen MR) is 180 cm³/mol. The van der Waals surface area contributed by atoms with Crippen molar-refractivity contribution in [3.63, 3.8) is 0 Å². The Kier molecular flexibility index (Phi) is 13.5. The molecule has 244 valence electrons. The topological polar surface area (TPSA) is 53.1 Å². The average Bonchev–Trinajstić information content (AvgIpc) is 3.85. The highest BCUT2D eigenvalue weighted by Gasteiger charge is 2.45. The minimum Gasteiger partial charge on any atom is -0.452 e. The van der Waals surface area contributed by atoms with Crippen LogP contribution in [0.25, 0.3) is 0 Å². The Balaban J connectivity index is 0.000000380. The molecule has 1 aromatic carbocycles. The number of carbonyl (C=O) groups is 2. The maximum absolute atomic E-state index is 13.1. The maximum Gasteiger partial charge on any atom is 0.294 e. The molecule has 4 fully saturated rings. The van der Waals surface area contributed by atoms with Crippen molar-refractivity contribution < 1.29 is 14.3 Å². The van der Waals surface area contributed by atoms with Gasteiger partial charge in [-0.15, -0.1) is 0 Å². The van der Waals surface area contributed by atoms with Gasteiger partial charge in [-0.3, -0.25) is 19.4 Å². The summed E-state index contributed by atoms with van der Waals surface area (Å²) in [6, 6.07) is 9.87. The van der Waals surface area contributed by atoms with Crippen LogP contribution in [0.5, 0.6) is 0 Å². The lowest BCUT2D eigenvalue weighted by atomic mass is 9.84. The van der Waals surface area contributed by atoms with E-state index in [0.717, 1.165) is 51.5 Å². The molecule has 0 N–H and O–H groups in total. The number of hydrogen-bond donors (Lipinski definition) is 0. The van der Waals surface area contributed by atoms with E-state index < -0.39 is 0 Å². The second kappa shape index (κ2) is 17.3. The number of benzene rings is 1. The molecule has 2 saturated heterocycles. The smallest absolute Gasteiger partial charge is 0.294 e. The number of rotatable bonds is 8. The van der Waals surface area contributed by atoms with Gasteiger partial charge in [-0.1, -0.05) is 92.6 Å². The zero-order valence-electron chi connectivity index (χ0n) is 28.3. The van der Waals surface area contributed by atoms with Gasteiger partial charge in [0.2, 0.25) is 5.91 Å². The van der Waals surface area contributed by atoms with Gasteiger partial charge in [0.15, 0.2) is 0 Å². The normalized spacial score (nSPS) is 27.3. The first-order valence-electron chi connectivity index (χ1n) is 17.7. The lowest BCUT2D eigenvalue weighted by Crippen LogP contribution is -2.53. The van der Waals surface area contributed by atoms with Crippen molar-refractivity contribution in [2.24, 2.45) is 11.8 Å². The number of likely N-dealkylation sites (tertiary alicyclic amines) is 1.